The molecule has 0 aromatic rings. The third-order valence-corrected chi connectivity index (χ3v) is 0.577. The first kappa shape index (κ1) is 11.5. The first-order chi connectivity index (χ1) is 3.35. The van der Waals surface area contributed by atoms with Gasteiger partial charge in [-0.1, -0.05) is 0 Å². The van der Waals surface area contributed by atoms with E-state index in [-0.39, 0.29) is 23.1 Å². The van der Waals surface area contributed by atoms with Crippen LogP contribution in [0.2, 0.25) is 0 Å². The van der Waals surface area contributed by atoms with E-state index in [0.29, 0.717) is 0 Å². The zero-order valence-electron chi connectivity index (χ0n) is 4.80. The summed E-state index contributed by atoms with van der Waals surface area (Å²) in [6.45, 7) is 0. The fraction of sp³-hybridized carbons (Fsp3) is 1.00. The minimum absolute atomic E-state index is 0. The Balaban J connectivity index is 0. The van der Waals surface area contributed by atoms with Crippen molar-refractivity contribution < 1.29 is 14.0 Å². The molecule has 0 fully saturated rings. The van der Waals surface area contributed by atoms with Gasteiger partial charge in [-0.2, -0.15) is 0 Å². The summed E-state index contributed by atoms with van der Waals surface area (Å²) in [5.41, 5.74) is 0. The van der Waals surface area contributed by atoms with Crippen molar-refractivity contribution in [2.45, 2.75) is 0 Å². The summed E-state index contributed by atoms with van der Waals surface area (Å²) in [6.07, 6.45) is 0. The molecule has 46 valence electrons. The monoisotopic (exact) mass is 130 g/mol. The Morgan fingerprint density at radius 1 is 0.875 bits per heavy atom. The van der Waals surface area contributed by atoms with Gasteiger partial charge in [0.25, 0.3) is 0 Å². The third kappa shape index (κ3) is 4.86. The number of rotatable bonds is 3. The normalized spacial score (nSPS) is 7.88. The van der Waals surface area contributed by atoms with E-state index < -0.39 is 7.32 Å². The largest absolute Gasteiger partial charge is 0.638 e. The smallest absolute Gasteiger partial charge is 0.389 e. The van der Waals surface area contributed by atoms with Crippen molar-refractivity contribution in [3.05, 3.63) is 0 Å². The quantitative estimate of drug-likeness (QED) is 0.458. The van der Waals surface area contributed by atoms with E-state index in [0.717, 1.165) is 0 Å². The standard InChI is InChI=1S/C3H9BO3.Mg.2H/c1-5-4(6-2)7-3;;;/h1-3H3;;;. The Hall–Kier alpha value is 0.711. The predicted molar refractivity (Wildman–Crippen MR) is 35.3 cm³/mol. The molecule has 0 radical (unpaired) electrons. The molecule has 0 spiro atoms. The molecule has 0 aliphatic rings. The SMILES string of the molecule is COB(OC)OC.[MgH2]. The highest BCUT2D eigenvalue weighted by atomic mass is 24.3. The molecular weight excluding hydrogens is 119 g/mol. The first-order valence-electron chi connectivity index (χ1n) is 1.93. The molecule has 0 aliphatic heterocycles. The van der Waals surface area contributed by atoms with Crippen LogP contribution in [0.3, 0.4) is 0 Å². The van der Waals surface area contributed by atoms with Crippen molar-refractivity contribution in [1.82, 2.24) is 0 Å². The van der Waals surface area contributed by atoms with Crippen LogP contribution < -0.4 is 0 Å². The van der Waals surface area contributed by atoms with Gasteiger partial charge in [-0.15, -0.1) is 0 Å². The summed E-state index contributed by atoms with van der Waals surface area (Å²) >= 11 is 0. The van der Waals surface area contributed by atoms with Crippen LogP contribution >= 0.6 is 0 Å². The lowest BCUT2D eigenvalue weighted by Crippen LogP contribution is -2.21. The molecular formula is C3H11BMgO3. The van der Waals surface area contributed by atoms with E-state index in [1.54, 1.807) is 0 Å². The average molecular weight is 130 g/mol. The summed E-state index contributed by atoms with van der Waals surface area (Å²) in [7, 11) is 4.02. The molecule has 0 bridgehead atoms. The molecule has 0 N–H and O–H groups in total. The van der Waals surface area contributed by atoms with Gasteiger partial charge in [-0.25, -0.2) is 0 Å². The van der Waals surface area contributed by atoms with Gasteiger partial charge in [0.05, 0.1) is 0 Å². The molecule has 0 aromatic carbocycles. The zero-order chi connectivity index (χ0) is 5.70. The number of hydrogen-bond donors (Lipinski definition) is 0. The predicted octanol–water partition coefficient (Wildman–Crippen LogP) is -1.01. The van der Waals surface area contributed by atoms with Crippen LogP contribution in [0.25, 0.3) is 0 Å². The van der Waals surface area contributed by atoms with Gasteiger partial charge >= 0.3 is 30.4 Å². The van der Waals surface area contributed by atoms with Crippen LogP contribution in [0.1, 0.15) is 0 Å². The number of hydrogen-bond acceptors (Lipinski definition) is 3. The van der Waals surface area contributed by atoms with Crippen LogP contribution in [0.5, 0.6) is 0 Å². The zero-order valence-corrected chi connectivity index (χ0v) is 4.80. The van der Waals surface area contributed by atoms with Gasteiger partial charge < -0.3 is 14.0 Å². The van der Waals surface area contributed by atoms with E-state index in [4.69, 9.17) is 0 Å². The van der Waals surface area contributed by atoms with Gasteiger partial charge in [0.1, 0.15) is 0 Å². The molecule has 5 heteroatoms. The summed E-state index contributed by atoms with van der Waals surface area (Å²) in [5, 5.41) is 0. The summed E-state index contributed by atoms with van der Waals surface area (Å²) in [6, 6.07) is 0. The molecule has 0 rings (SSSR count). The van der Waals surface area contributed by atoms with Crippen LogP contribution in [-0.4, -0.2) is 51.7 Å². The van der Waals surface area contributed by atoms with E-state index in [9.17, 15) is 0 Å². The van der Waals surface area contributed by atoms with Crippen LogP contribution in [-0.2, 0) is 14.0 Å². The van der Waals surface area contributed by atoms with Gasteiger partial charge in [-0.05, 0) is 0 Å². The van der Waals surface area contributed by atoms with Gasteiger partial charge in [0.2, 0.25) is 0 Å². The Labute approximate surface area is 66.0 Å². The topological polar surface area (TPSA) is 27.7 Å². The molecule has 0 amide bonds. The fourth-order valence-corrected chi connectivity index (χ4v) is 0.289. The maximum Gasteiger partial charge on any atom is 0.638 e. The molecule has 0 atom stereocenters. The van der Waals surface area contributed by atoms with Gasteiger partial charge in [0, 0.05) is 21.3 Å². The van der Waals surface area contributed by atoms with E-state index in [2.05, 4.69) is 14.0 Å². The molecule has 0 heterocycles. The van der Waals surface area contributed by atoms with Gasteiger partial charge in [-0.3, -0.25) is 0 Å². The summed E-state index contributed by atoms with van der Waals surface area (Å²) in [4.78, 5) is 0. The highest BCUT2D eigenvalue weighted by Gasteiger charge is 2.12. The van der Waals surface area contributed by atoms with Crippen molar-refractivity contribution in [3.8, 4) is 0 Å². The van der Waals surface area contributed by atoms with E-state index in [1.165, 1.54) is 21.3 Å². The van der Waals surface area contributed by atoms with Crippen molar-refractivity contribution in [3.63, 3.8) is 0 Å². The average Bonchev–Trinajstić information content (AvgIpc) is 1.72. The highest BCUT2D eigenvalue weighted by Crippen LogP contribution is 1.81. The molecule has 0 aliphatic carbocycles. The summed E-state index contributed by atoms with van der Waals surface area (Å²) in [5.74, 6) is 0. The lowest BCUT2D eigenvalue weighted by Gasteiger charge is -2.01. The fourth-order valence-electron chi connectivity index (χ4n) is 0.289. The Kier molecular flexibility index (Phi) is 11.1. The highest BCUT2D eigenvalue weighted by molar-refractivity contribution is 6.36. The van der Waals surface area contributed by atoms with Crippen molar-refractivity contribution in [2.75, 3.05) is 21.3 Å². The second-order valence-corrected chi connectivity index (χ2v) is 0.996. The van der Waals surface area contributed by atoms with Crippen LogP contribution in [0, 0.1) is 0 Å². The van der Waals surface area contributed by atoms with Crippen LogP contribution in [0.4, 0.5) is 0 Å². The van der Waals surface area contributed by atoms with Crippen molar-refractivity contribution in [1.29, 1.82) is 0 Å². The molecule has 0 aromatic heterocycles. The van der Waals surface area contributed by atoms with Gasteiger partial charge in [0.15, 0.2) is 0 Å². The third-order valence-electron chi connectivity index (χ3n) is 0.577. The second kappa shape index (κ2) is 7.71. The second-order valence-electron chi connectivity index (χ2n) is 0.996. The first-order valence-corrected chi connectivity index (χ1v) is 1.93. The van der Waals surface area contributed by atoms with E-state index >= 15 is 0 Å². The molecule has 8 heavy (non-hydrogen) atoms. The maximum atomic E-state index is 4.60. The Morgan fingerprint density at radius 3 is 1.12 bits per heavy atom. The van der Waals surface area contributed by atoms with E-state index in [1.807, 2.05) is 0 Å². The molecule has 0 saturated heterocycles. The summed E-state index contributed by atoms with van der Waals surface area (Å²) < 4.78 is 13.8. The molecule has 0 saturated carbocycles. The lowest BCUT2D eigenvalue weighted by molar-refractivity contribution is 0.163. The van der Waals surface area contributed by atoms with Crippen molar-refractivity contribution in [2.24, 2.45) is 0 Å². The Bertz CT molecular complexity index is 36.0. The minimum Gasteiger partial charge on any atom is -0.389 e. The Morgan fingerprint density at radius 2 is 1.12 bits per heavy atom. The van der Waals surface area contributed by atoms with Crippen LogP contribution in [0.15, 0.2) is 0 Å². The molecule has 0 unspecified atom stereocenters. The maximum absolute atomic E-state index is 4.60. The molecule has 3 nitrogen and oxygen atoms in total. The van der Waals surface area contributed by atoms with Crippen molar-refractivity contribution >= 4 is 30.4 Å². The lowest BCUT2D eigenvalue weighted by atomic mass is 10.2. The minimum atomic E-state index is -0.514.